The molecule has 5 heteroatoms. The maximum atomic E-state index is 13.4. The summed E-state index contributed by atoms with van der Waals surface area (Å²) in [6.07, 6.45) is 2.80. The maximum absolute atomic E-state index is 13.4. The van der Waals surface area contributed by atoms with Gasteiger partial charge in [-0.25, -0.2) is 8.78 Å². The largest absolute Gasteiger partial charge is 0.339 e. The zero-order valence-corrected chi connectivity index (χ0v) is 14.1. The molecule has 1 amide bonds. The molecule has 3 unspecified atom stereocenters. The summed E-state index contributed by atoms with van der Waals surface area (Å²) >= 11 is 0. The van der Waals surface area contributed by atoms with Gasteiger partial charge < -0.3 is 10.2 Å². The van der Waals surface area contributed by atoms with Gasteiger partial charge in [0.25, 0.3) is 0 Å². The smallest absolute Gasteiger partial charge is 0.223 e. The van der Waals surface area contributed by atoms with Crippen molar-refractivity contribution in [3.8, 4) is 0 Å². The third-order valence-electron chi connectivity index (χ3n) is 5.04. The van der Waals surface area contributed by atoms with E-state index >= 15 is 0 Å². The fourth-order valence-electron chi connectivity index (χ4n) is 3.16. The van der Waals surface area contributed by atoms with Crippen molar-refractivity contribution in [2.45, 2.75) is 39.2 Å². The van der Waals surface area contributed by atoms with E-state index in [2.05, 4.69) is 12.2 Å². The Hall–Kier alpha value is -1.49. The van der Waals surface area contributed by atoms with E-state index < -0.39 is 11.6 Å². The van der Waals surface area contributed by atoms with E-state index in [1.54, 1.807) is 11.9 Å². The Labute approximate surface area is 137 Å². The van der Waals surface area contributed by atoms with Gasteiger partial charge in [-0.2, -0.15) is 0 Å². The Morgan fingerprint density at radius 2 is 2.09 bits per heavy atom. The number of halogens is 2. The van der Waals surface area contributed by atoms with Gasteiger partial charge in [-0.1, -0.05) is 13.0 Å². The van der Waals surface area contributed by atoms with Crippen LogP contribution in [0.2, 0.25) is 0 Å². The van der Waals surface area contributed by atoms with Crippen molar-refractivity contribution in [1.82, 2.24) is 10.2 Å². The van der Waals surface area contributed by atoms with Gasteiger partial charge in [0, 0.05) is 13.5 Å². The average molecular weight is 324 g/mol. The molecule has 128 valence electrons. The Morgan fingerprint density at radius 3 is 2.70 bits per heavy atom. The van der Waals surface area contributed by atoms with Crippen molar-refractivity contribution >= 4 is 5.91 Å². The van der Waals surface area contributed by atoms with Gasteiger partial charge in [0.15, 0.2) is 11.6 Å². The van der Waals surface area contributed by atoms with E-state index in [9.17, 15) is 13.6 Å². The fourth-order valence-corrected chi connectivity index (χ4v) is 3.16. The number of rotatable bonds is 5. The molecule has 1 aliphatic heterocycles. The minimum atomic E-state index is -0.878. The number of hydrogen-bond donors (Lipinski definition) is 1. The van der Waals surface area contributed by atoms with E-state index in [4.69, 9.17) is 0 Å². The number of nitrogens with zero attached hydrogens (tertiary/aromatic N) is 1. The van der Waals surface area contributed by atoms with Crippen molar-refractivity contribution < 1.29 is 13.6 Å². The van der Waals surface area contributed by atoms with Gasteiger partial charge in [-0.15, -0.1) is 0 Å². The van der Waals surface area contributed by atoms with Crippen molar-refractivity contribution in [1.29, 1.82) is 0 Å². The van der Waals surface area contributed by atoms with Crippen molar-refractivity contribution in [3.63, 3.8) is 0 Å². The summed E-state index contributed by atoms with van der Waals surface area (Å²) in [5.74, 6) is -0.861. The highest BCUT2D eigenvalue weighted by Crippen LogP contribution is 2.26. The first-order valence-corrected chi connectivity index (χ1v) is 8.31. The van der Waals surface area contributed by atoms with Crippen LogP contribution in [-0.2, 0) is 4.79 Å². The molecule has 0 bridgehead atoms. The van der Waals surface area contributed by atoms with Gasteiger partial charge in [-0.05, 0) is 62.4 Å². The minimum Gasteiger partial charge on any atom is -0.339 e. The molecule has 1 aliphatic rings. The van der Waals surface area contributed by atoms with E-state index in [1.807, 2.05) is 6.92 Å². The van der Waals surface area contributed by atoms with E-state index in [0.29, 0.717) is 23.8 Å². The third-order valence-corrected chi connectivity index (χ3v) is 5.04. The quantitative estimate of drug-likeness (QED) is 0.899. The van der Waals surface area contributed by atoms with E-state index in [1.165, 1.54) is 6.07 Å². The number of nitrogens with one attached hydrogen (secondary N) is 1. The van der Waals surface area contributed by atoms with Gasteiger partial charge in [0.2, 0.25) is 5.91 Å². The number of carbonyl (C=O) groups is 1. The first-order valence-electron chi connectivity index (χ1n) is 8.31. The molecule has 0 aromatic heterocycles. The molecule has 3 atom stereocenters. The third kappa shape index (κ3) is 4.50. The number of piperidine rings is 1. The Bertz CT molecular complexity index is 544. The van der Waals surface area contributed by atoms with Crippen LogP contribution in [0.3, 0.4) is 0 Å². The summed E-state index contributed by atoms with van der Waals surface area (Å²) < 4.78 is 26.4. The summed E-state index contributed by atoms with van der Waals surface area (Å²) in [6.45, 7) is 5.98. The van der Waals surface area contributed by atoms with Crippen LogP contribution in [0.4, 0.5) is 8.78 Å². The highest BCUT2D eigenvalue weighted by atomic mass is 19.2. The van der Waals surface area contributed by atoms with Crippen LogP contribution in [0.1, 0.15) is 44.7 Å². The zero-order valence-electron chi connectivity index (χ0n) is 14.1. The molecule has 1 aromatic carbocycles. The topological polar surface area (TPSA) is 32.3 Å². The molecule has 0 radical (unpaired) electrons. The molecule has 1 N–H and O–H groups in total. The zero-order chi connectivity index (χ0) is 17.0. The molecule has 2 rings (SSSR count). The molecule has 1 aromatic rings. The lowest BCUT2D eigenvalue weighted by Gasteiger charge is -2.31. The van der Waals surface area contributed by atoms with Crippen LogP contribution in [0, 0.1) is 23.5 Å². The molecule has 23 heavy (non-hydrogen) atoms. The van der Waals surface area contributed by atoms with Crippen molar-refractivity contribution in [2.24, 2.45) is 11.8 Å². The summed E-state index contributed by atoms with van der Waals surface area (Å²) in [5.41, 5.74) is 0.603. The van der Waals surface area contributed by atoms with Crippen LogP contribution in [0.25, 0.3) is 0 Å². The molecule has 0 saturated carbocycles. The first-order chi connectivity index (χ1) is 10.9. The second-order valence-corrected chi connectivity index (χ2v) is 6.64. The van der Waals surface area contributed by atoms with Crippen LogP contribution in [0.5, 0.6) is 0 Å². The lowest BCUT2D eigenvalue weighted by atomic mass is 9.85. The van der Waals surface area contributed by atoms with Crippen molar-refractivity contribution in [3.05, 3.63) is 35.4 Å². The van der Waals surface area contributed by atoms with Crippen LogP contribution < -0.4 is 5.32 Å². The number of carbonyl (C=O) groups excluding carboxylic acids is 1. The standard InChI is InChI=1S/C18H26F2N2O/c1-12(15-5-4-8-21-11-15)9-18(23)22(3)13(2)14-6-7-16(19)17(20)10-14/h6-7,10,12-13,15,21H,4-5,8-9,11H2,1-3H3. The molecule has 1 fully saturated rings. The minimum absolute atomic E-state index is 0.0420. The Kier molecular flexibility index (Phi) is 6.10. The Morgan fingerprint density at radius 1 is 1.35 bits per heavy atom. The second kappa shape index (κ2) is 7.86. The summed E-state index contributed by atoms with van der Waals surface area (Å²) in [7, 11) is 1.72. The Balaban J connectivity index is 1.96. The molecule has 1 saturated heterocycles. The highest BCUT2D eigenvalue weighted by molar-refractivity contribution is 5.76. The van der Waals surface area contributed by atoms with Gasteiger partial charge in [0.05, 0.1) is 6.04 Å². The molecule has 3 nitrogen and oxygen atoms in total. The summed E-state index contributed by atoms with van der Waals surface area (Å²) in [6, 6.07) is 3.52. The average Bonchev–Trinajstić information content (AvgIpc) is 2.56. The van der Waals surface area contributed by atoms with Crippen LogP contribution in [0.15, 0.2) is 18.2 Å². The fraction of sp³-hybridized carbons (Fsp3) is 0.611. The van der Waals surface area contributed by atoms with Gasteiger partial charge >= 0.3 is 0 Å². The van der Waals surface area contributed by atoms with E-state index in [-0.39, 0.29) is 11.9 Å². The predicted molar refractivity (Wildman–Crippen MR) is 86.9 cm³/mol. The SMILES string of the molecule is CC(CC(=O)N(C)C(C)c1ccc(F)c(F)c1)C1CCCNC1. The number of hydrogen-bond acceptors (Lipinski definition) is 2. The summed E-state index contributed by atoms with van der Waals surface area (Å²) in [4.78, 5) is 14.1. The van der Waals surface area contributed by atoms with Gasteiger partial charge in [0.1, 0.15) is 0 Å². The van der Waals surface area contributed by atoms with Crippen molar-refractivity contribution in [2.75, 3.05) is 20.1 Å². The van der Waals surface area contributed by atoms with Crippen LogP contribution in [-0.4, -0.2) is 30.9 Å². The first kappa shape index (κ1) is 17.9. The van der Waals surface area contributed by atoms with Gasteiger partial charge in [-0.3, -0.25) is 4.79 Å². The molecule has 1 heterocycles. The molecule has 0 spiro atoms. The highest BCUT2D eigenvalue weighted by Gasteiger charge is 2.25. The number of benzene rings is 1. The van der Waals surface area contributed by atoms with Crippen LogP contribution >= 0.6 is 0 Å². The normalized spacial score (nSPS) is 20.8. The van der Waals surface area contributed by atoms with E-state index in [0.717, 1.165) is 38.1 Å². The molecular formula is C18H26F2N2O. The number of amides is 1. The monoisotopic (exact) mass is 324 g/mol. The lowest BCUT2D eigenvalue weighted by Crippen LogP contribution is -2.36. The molecule has 0 aliphatic carbocycles. The lowest BCUT2D eigenvalue weighted by molar-refractivity contribution is -0.133. The summed E-state index contributed by atoms with van der Waals surface area (Å²) in [5, 5.41) is 3.38. The predicted octanol–water partition coefficient (Wildman–Crippen LogP) is 3.51. The maximum Gasteiger partial charge on any atom is 0.223 e. The molecular weight excluding hydrogens is 298 g/mol. The second-order valence-electron chi connectivity index (χ2n) is 6.64.